The molecule has 2 N–H and O–H groups in total. The Hall–Kier alpha value is -1.10. The Bertz CT molecular complexity index is 720. The molecule has 2 heterocycles. The number of hydrogen-bond donors (Lipinski definition) is 2. The maximum atomic E-state index is 6.11. The molecule has 0 bridgehead atoms. The summed E-state index contributed by atoms with van der Waals surface area (Å²) in [5, 5.41) is 7.04. The number of rotatable bonds is 10. The number of nitrogens with zero attached hydrogens (tertiary/aromatic N) is 2. The van der Waals surface area contributed by atoms with Crippen LogP contribution in [0.4, 0.5) is 0 Å². The van der Waals surface area contributed by atoms with Crippen LogP contribution >= 0.6 is 24.0 Å². The van der Waals surface area contributed by atoms with Gasteiger partial charge in [-0.2, -0.15) is 0 Å². The standard InChI is InChI=1S/C25H42N4O3.HI/c1-19(2)7-12-32-24-15-20(3)5-6-21(24)16-27-25(26-4)28-17-23(22-8-11-31-18-22)29-9-13-30-14-10-29;/h5-6,15,19,22-23H,7-14,16-18H2,1-4H3,(H2,26,27,28);1H. The maximum absolute atomic E-state index is 6.11. The minimum Gasteiger partial charge on any atom is -0.493 e. The van der Waals surface area contributed by atoms with Gasteiger partial charge < -0.3 is 24.8 Å². The summed E-state index contributed by atoms with van der Waals surface area (Å²) in [4.78, 5) is 7.00. The zero-order chi connectivity index (χ0) is 22.8. The van der Waals surface area contributed by atoms with Gasteiger partial charge in [-0.05, 0) is 37.3 Å². The smallest absolute Gasteiger partial charge is 0.191 e. The molecule has 2 unspecified atom stereocenters. The lowest BCUT2D eigenvalue weighted by Gasteiger charge is -2.37. The summed E-state index contributed by atoms with van der Waals surface area (Å²) in [6.07, 6.45) is 2.17. The molecule has 1 aromatic rings. The van der Waals surface area contributed by atoms with Gasteiger partial charge in [0.05, 0.1) is 26.4 Å². The van der Waals surface area contributed by atoms with Crippen LogP contribution in [0.3, 0.4) is 0 Å². The third-order valence-corrected chi connectivity index (χ3v) is 6.35. The number of hydrogen-bond acceptors (Lipinski definition) is 5. The van der Waals surface area contributed by atoms with E-state index in [0.29, 0.717) is 24.4 Å². The minimum atomic E-state index is 0. The molecule has 33 heavy (non-hydrogen) atoms. The van der Waals surface area contributed by atoms with E-state index < -0.39 is 0 Å². The topological polar surface area (TPSA) is 67.4 Å². The zero-order valence-electron chi connectivity index (χ0n) is 20.8. The van der Waals surface area contributed by atoms with Crippen LogP contribution in [0.1, 0.15) is 37.8 Å². The fourth-order valence-corrected chi connectivity index (χ4v) is 4.31. The highest BCUT2D eigenvalue weighted by Gasteiger charge is 2.31. The van der Waals surface area contributed by atoms with Crippen LogP contribution in [0.2, 0.25) is 0 Å². The van der Waals surface area contributed by atoms with Crippen LogP contribution in [0.15, 0.2) is 23.2 Å². The molecule has 7 nitrogen and oxygen atoms in total. The Morgan fingerprint density at radius 2 is 1.97 bits per heavy atom. The Morgan fingerprint density at radius 1 is 1.18 bits per heavy atom. The molecular formula is C25H43IN4O3. The Labute approximate surface area is 217 Å². The summed E-state index contributed by atoms with van der Waals surface area (Å²) in [6, 6.07) is 6.83. The average molecular weight is 575 g/mol. The molecule has 0 aliphatic carbocycles. The molecule has 2 atom stereocenters. The molecule has 2 aliphatic rings. The number of guanidine groups is 1. The second kappa shape index (κ2) is 15.0. The summed E-state index contributed by atoms with van der Waals surface area (Å²) in [5.41, 5.74) is 2.36. The number of morpholine rings is 1. The number of halogens is 1. The first-order valence-corrected chi connectivity index (χ1v) is 12.1. The van der Waals surface area contributed by atoms with E-state index >= 15 is 0 Å². The highest BCUT2D eigenvalue weighted by atomic mass is 127. The second-order valence-corrected chi connectivity index (χ2v) is 9.29. The number of benzene rings is 1. The summed E-state index contributed by atoms with van der Waals surface area (Å²) in [6.45, 7) is 14.1. The fourth-order valence-electron chi connectivity index (χ4n) is 4.31. The lowest BCUT2D eigenvalue weighted by Crippen LogP contribution is -2.53. The summed E-state index contributed by atoms with van der Waals surface area (Å²) >= 11 is 0. The molecule has 2 saturated heterocycles. The van der Waals surface area contributed by atoms with E-state index in [9.17, 15) is 0 Å². The van der Waals surface area contributed by atoms with E-state index in [1.165, 1.54) is 5.56 Å². The first-order valence-electron chi connectivity index (χ1n) is 12.1. The molecule has 0 amide bonds. The van der Waals surface area contributed by atoms with Gasteiger partial charge in [0.2, 0.25) is 0 Å². The SMILES string of the molecule is CN=C(NCc1ccc(C)cc1OCCC(C)C)NCC(C1CCOC1)N1CCOCC1.I. The summed E-state index contributed by atoms with van der Waals surface area (Å²) in [7, 11) is 1.83. The van der Waals surface area contributed by atoms with E-state index in [4.69, 9.17) is 14.2 Å². The third kappa shape index (κ3) is 9.22. The third-order valence-electron chi connectivity index (χ3n) is 6.35. The maximum Gasteiger partial charge on any atom is 0.191 e. The Balaban J connectivity index is 0.00000385. The lowest BCUT2D eigenvalue weighted by atomic mass is 9.97. The molecule has 8 heteroatoms. The monoisotopic (exact) mass is 574 g/mol. The van der Waals surface area contributed by atoms with Crippen molar-refractivity contribution in [3.8, 4) is 5.75 Å². The quantitative estimate of drug-likeness (QED) is 0.254. The lowest BCUT2D eigenvalue weighted by molar-refractivity contribution is 0.00246. The van der Waals surface area contributed by atoms with Gasteiger partial charge in [0.25, 0.3) is 0 Å². The van der Waals surface area contributed by atoms with Gasteiger partial charge in [0.1, 0.15) is 5.75 Å². The number of nitrogens with one attached hydrogen (secondary N) is 2. The molecule has 1 aromatic carbocycles. The molecule has 2 aliphatic heterocycles. The van der Waals surface area contributed by atoms with Crippen LogP contribution in [0.5, 0.6) is 5.75 Å². The van der Waals surface area contributed by atoms with Crippen molar-refractivity contribution in [2.45, 2.75) is 46.2 Å². The summed E-state index contributed by atoms with van der Waals surface area (Å²) in [5.74, 6) is 2.96. The van der Waals surface area contributed by atoms with Crippen molar-refractivity contribution in [3.05, 3.63) is 29.3 Å². The van der Waals surface area contributed by atoms with Crippen molar-refractivity contribution in [1.29, 1.82) is 0 Å². The van der Waals surface area contributed by atoms with Crippen LogP contribution in [0.25, 0.3) is 0 Å². The van der Waals surface area contributed by atoms with E-state index in [1.54, 1.807) is 0 Å². The van der Waals surface area contributed by atoms with Crippen LogP contribution < -0.4 is 15.4 Å². The van der Waals surface area contributed by atoms with Gasteiger partial charge >= 0.3 is 0 Å². The second-order valence-electron chi connectivity index (χ2n) is 9.29. The fraction of sp³-hybridized carbons (Fsp3) is 0.720. The largest absolute Gasteiger partial charge is 0.493 e. The molecular weight excluding hydrogens is 531 g/mol. The van der Waals surface area contributed by atoms with E-state index in [-0.39, 0.29) is 24.0 Å². The predicted molar refractivity (Wildman–Crippen MR) is 145 cm³/mol. The van der Waals surface area contributed by atoms with Crippen LogP contribution in [0, 0.1) is 18.8 Å². The van der Waals surface area contributed by atoms with E-state index in [1.807, 2.05) is 7.05 Å². The van der Waals surface area contributed by atoms with Gasteiger partial charge in [-0.15, -0.1) is 24.0 Å². The van der Waals surface area contributed by atoms with Crippen LogP contribution in [-0.2, 0) is 16.0 Å². The van der Waals surface area contributed by atoms with Gasteiger partial charge in [-0.1, -0.05) is 26.0 Å². The van der Waals surface area contributed by atoms with Crippen molar-refractivity contribution in [2.24, 2.45) is 16.8 Å². The summed E-state index contributed by atoms with van der Waals surface area (Å²) < 4.78 is 17.4. The average Bonchev–Trinajstić information content (AvgIpc) is 3.32. The number of aliphatic imine (C=N–C) groups is 1. The minimum absolute atomic E-state index is 0. The molecule has 188 valence electrons. The van der Waals surface area contributed by atoms with E-state index in [2.05, 4.69) is 59.5 Å². The van der Waals surface area contributed by atoms with Gasteiger partial charge in [0, 0.05) is 57.4 Å². The van der Waals surface area contributed by atoms with Crippen molar-refractivity contribution in [3.63, 3.8) is 0 Å². The normalized spacial score (nSPS) is 20.4. The van der Waals surface area contributed by atoms with E-state index in [0.717, 1.165) is 82.8 Å². The van der Waals surface area contributed by atoms with Gasteiger partial charge in [-0.25, -0.2) is 0 Å². The first-order chi connectivity index (χ1) is 15.6. The van der Waals surface area contributed by atoms with Crippen molar-refractivity contribution < 1.29 is 14.2 Å². The predicted octanol–water partition coefficient (Wildman–Crippen LogP) is 3.44. The highest BCUT2D eigenvalue weighted by Crippen LogP contribution is 2.23. The molecule has 0 saturated carbocycles. The molecule has 0 aromatic heterocycles. The van der Waals surface area contributed by atoms with Crippen molar-refractivity contribution >= 4 is 29.9 Å². The zero-order valence-corrected chi connectivity index (χ0v) is 23.1. The number of aryl methyl sites for hydroxylation is 1. The number of ether oxygens (including phenoxy) is 3. The van der Waals surface area contributed by atoms with Gasteiger partial charge in [-0.3, -0.25) is 9.89 Å². The first kappa shape index (κ1) is 28.1. The molecule has 3 rings (SSSR count). The molecule has 0 radical (unpaired) electrons. The van der Waals surface area contributed by atoms with Gasteiger partial charge in [0.15, 0.2) is 5.96 Å². The Morgan fingerprint density at radius 3 is 2.64 bits per heavy atom. The van der Waals surface area contributed by atoms with Crippen LogP contribution in [-0.4, -0.2) is 76.6 Å². The Kier molecular flexibility index (Phi) is 12.8. The van der Waals surface area contributed by atoms with Crippen molar-refractivity contribution in [2.75, 3.05) is 59.7 Å². The highest BCUT2D eigenvalue weighted by molar-refractivity contribution is 14.0. The van der Waals surface area contributed by atoms with Crippen molar-refractivity contribution in [1.82, 2.24) is 15.5 Å². The molecule has 2 fully saturated rings. The molecule has 0 spiro atoms.